The summed E-state index contributed by atoms with van der Waals surface area (Å²) < 4.78 is 16.1. The van der Waals surface area contributed by atoms with Gasteiger partial charge in [-0.1, -0.05) is 0 Å². The fourth-order valence-electron chi connectivity index (χ4n) is 3.72. The number of ether oxygens (including phenoxy) is 2. The fourth-order valence-corrected chi connectivity index (χ4v) is 3.72. The molecule has 8 nitrogen and oxygen atoms in total. The van der Waals surface area contributed by atoms with Crippen LogP contribution in [-0.2, 0) is 12.1 Å². The molecule has 2 heterocycles. The molecule has 1 aliphatic rings. The summed E-state index contributed by atoms with van der Waals surface area (Å²) in [4.78, 5) is 6.99. The van der Waals surface area contributed by atoms with Crippen molar-refractivity contribution in [3.05, 3.63) is 47.9 Å². The van der Waals surface area contributed by atoms with Crippen LogP contribution in [0.1, 0.15) is 31.6 Å². The molecule has 3 rings (SSSR count). The quantitative estimate of drug-likeness (QED) is 0.415. The van der Waals surface area contributed by atoms with E-state index >= 15 is 0 Å². The zero-order valence-corrected chi connectivity index (χ0v) is 18.9. The van der Waals surface area contributed by atoms with Gasteiger partial charge in [-0.25, -0.2) is 4.99 Å². The van der Waals surface area contributed by atoms with Crippen molar-refractivity contribution in [1.29, 1.82) is 0 Å². The molecule has 2 unspecified atom stereocenters. The molecule has 0 saturated carbocycles. The topological polar surface area (TPSA) is 91.5 Å². The second-order valence-electron chi connectivity index (χ2n) is 8.03. The molecule has 1 aromatic heterocycles. The van der Waals surface area contributed by atoms with E-state index in [4.69, 9.17) is 13.9 Å². The van der Waals surface area contributed by atoms with E-state index in [1.165, 1.54) is 0 Å². The number of hydrogen-bond donors (Lipinski definition) is 3. The Bertz CT molecular complexity index is 829. The lowest BCUT2D eigenvalue weighted by Crippen LogP contribution is -2.45. The van der Waals surface area contributed by atoms with Crippen LogP contribution < -0.4 is 20.1 Å². The maximum absolute atomic E-state index is 10.7. The summed E-state index contributed by atoms with van der Waals surface area (Å²) in [6, 6.07) is 9.78. The van der Waals surface area contributed by atoms with Crippen molar-refractivity contribution in [1.82, 2.24) is 15.5 Å². The lowest BCUT2D eigenvalue weighted by Gasteiger charge is -2.22. The molecule has 0 spiro atoms. The number of benzene rings is 1. The van der Waals surface area contributed by atoms with Gasteiger partial charge in [-0.2, -0.15) is 0 Å². The molecule has 1 aliphatic heterocycles. The number of hydrogen-bond acceptors (Lipinski definition) is 6. The molecule has 0 radical (unpaired) electrons. The van der Waals surface area contributed by atoms with Crippen molar-refractivity contribution >= 4 is 5.96 Å². The van der Waals surface area contributed by atoms with E-state index in [1.54, 1.807) is 39.5 Å². The van der Waals surface area contributed by atoms with Crippen LogP contribution in [0.5, 0.6) is 11.5 Å². The number of rotatable bonds is 9. The molecule has 0 aliphatic carbocycles. The molecule has 31 heavy (non-hydrogen) atoms. The van der Waals surface area contributed by atoms with Crippen LogP contribution in [-0.4, -0.2) is 62.4 Å². The standard InChI is InChI=1S/C23H34N4O4/c1-5-24-22(25-16-23(2,28)21-7-6-10-31-21)26-18-8-9-27(15-18)14-17-11-19(29-3)13-20(12-17)30-4/h6-7,10-13,18,28H,5,8-9,14-16H2,1-4H3,(H2,24,25,26). The molecule has 8 heteroatoms. The number of aliphatic imine (C=N–C) groups is 1. The summed E-state index contributed by atoms with van der Waals surface area (Å²) in [6.45, 7) is 7.40. The number of aliphatic hydroxyl groups is 1. The predicted octanol–water partition coefficient (Wildman–Crippen LogP) is 2.33. The van der Waals surface area contributed by atoms with E-state index in [2.05, 4.69) is 20.5 Å². The number of likely N-dealkylation sites (tertiary alicyclic amines) is 1. The first-order chi connectivity index (χ1) is 14.9. The van der Waals surface area contributed by atoms with Crippen molar-refractivity contribution in [2.45, 2.75) is 38.5 Å². The minimum atomic E-state index is -1.15. The van der Waals surface area contributed by atoms with Crippen molar-refractivity contribution < 1.29 is 19.0 Å². The molecule has 170 valence electrons. The van der Waals surface area contributed by atoms with Gasteiger partial charge in [0.25, 0.3) is 0 Å². The Balaban J connectivity index is 1.58. The zero-order valence-electron chi connectivity index (χ0n) is 18.9. The highest BCUT2D eigenvalue weighted by atomic mass is 16.5. The third kappa shape index (κ3) is 6.38. The van der Waals surface area contributed by atoms with E-state index in [-0.39, 0.29) is 12.6 Å². The number of nitrogens with one attached hydrogen (secondary N) is 2. The van der Waals surface area contributed by atoms with Crippen molar-refractivity contribution in [2.24, 2.45) is 4.99 Å². The summed E-state index contributed by atoms with van der Waals surface area (Å²) in [5.41, 5.74) is 0.00540. The van der Waals surface area contributed by atoms with Gasteiger partial charge in [-0.05, 0) is 50.1 Å². The smallest absolute Gasteiger partial charge is 0.191 e. The maximum atomic E-state index is 10.7. The summed E-state index contributed by atoms with van der Waals surface area (Å²) >= 11 is 0. The van der Waals surface area contributed by atoms with Gasteiger partial charge in [-0.15, -0.1) is 0 Å². The lowest BCUT2D eigenvalue weighted by molar-refractivity contribution is 0.0436. The third-order valence-corrected chi connectivity index (χ3v) is 5.37. The largest absolute Gasteiger partial charge is 0.497 e. The second-order valence-corrected chi connectivity index (χ2v) is 8.03. The van der Waals surface area contributed by atoms with Gasteiger partial charge in [0, 0.05) is 38.3 Å². The molecule has 2 aromatic rings. The van der Waals surface area contributed by atoms with Crippen LogP contribution in [0.3, 0.4) is 0 Å². The molecule has 0 bridgehead atoms. The van der Waals surface area contributed by atoms with E-state index in [1.807, 2.05) is 25.1 Å². The summed E-state index contributed by atoms with van der Waals surface area (Å²) in [7, 11) is 3.33. The number of furan rings is 1. The van der Waals surface area contributed by atoms with E-state index < -0.39 is 5.60 Å². The van der Waals surface area contributed by atoms with Crippen LogP contribution in [0.25, 0.3) is 0 Å². The van der Waals surface area contributed by atoms with Crippen LogP contribution in [0.2, 0.25) is 0 Å². The Hall–Kier alpha value is -2.71. The van der Waals surface area contributed by atoms with Gasteiger partial charge in [0.1, 0.15) is 22.9 Å². The highest BCUT2D eigenvalue weighted by Gasteiger charge is 2.27. The lowest BCUT2D eigenvalue weighted by atomic mass is 10.0. The predicted molar refractivity (Wildman–Crippen MR) is 121 cm³/mol. The maximum Gasteiger partial charge on any atom is 0.191 e. The third-order valence-electron chi connectivity index (χ3n) is 5.37. The van der Waals surface area contributed by atoms with Crippen LogP contribution in [0.4, 0.5) is 0 Å². The highest BCUT2D eigenvalue weighted by Crippen LogP contribution is 2.25. The Morgan fingerprint density at radius 3 is 2.65 bits per heavy atom. The van der Waals surface area contributed by atoms with E-state index in [9.17, 15) is 5.11 Å². The first kappa shape index (κ1) is 23.0. The molecule has 3 N–H and O–H groups in total. The second kappa shape index (κ2) is 10.5. The highest BCUT2D eigenvalue weighted by molar-refractivity contribution is 5.80. The number of nitrogens with zero attached hydrogens (tertiary/aromatic N) is 2. The van der Waals surface area contributed by atoms with Gasteiger partial charge < -0.3 is 29.6 Å². The zero-order chi connectivity index (χ0) is 22.3. The monoisotopic (exact) mass is 430 g/mol. The normalized spacial score (nSPS) is 19.1. The van der Waals surface area contributed by atoms with Crippen LogP contribution in [0, 0.1) is 0 Å². The minimum Gasteiger partial charge on any atom is -0.497 e. The van der Waals surface area contributed by atoms with E-state index in [0.29, 0.717) is 11.7 Å². The first-order valence-electron chi connectivity index (χ1n) is 10.7. The molecule has 1 aromatic carbocycles. The Kier molecular flexibility index (Phi) is 7.81. The molecular weight excluding hydrogens is 396 g/mol. The Morgan fingerprint density at radius 1 is 1.29 bits per heavy atom. The molecule has 0 amide bonds. The Labute approximate surface area is 184 Å². The molecule has 1 fully saturated rings. The molecular formula is C23H34N4O4. The number of guanidine groups is 1. The average Bonchev–Trinajstić information content (AvgIpc) is 3.45. The Morgan fingerprint density at radius 2 is 2.03 bits per heavy atom. The van der Waals surface area contributed by atoms with Gasteiger partial charge in [0.15, 0.2) is 5.96 Å². The van der Waals surface area contributed by atoms with Gasteiger partial charge >= 0.3 is 0 Å². The van der Waals surface area contributed by atoms with Crippen LogP contribution >= 0.6 is 0 Å². The van der Waals surface area contributed by atoms with Crippen molar-refractivity contribution in [3.63, 3.8) is 0 Å². The first-order valence-corrected chi connectivity index (χ1v) is 10.7. The van der Waals surface area contributed by atoms with Crippen molar-refractivity contribution in [2.75, 3.05) is 40.4 Å². The summed E-state index contributed by atoms with van der Waals surface area (Å²) in [5, 5.41) is 17.4. The number of methoxy groups -OCH3 is 2. The van der Waals surface area contributed by atoms with Gasteiger partial charge in [0.2, 0.25) is 0 Å². The fraction of sp³-hybridized carbons (Fsp3) is 0.522. The van der Waals surface area contributed by atoms with Crippen LogP contribution in [0.15, 0.2) is 46.0 Å². The van der Waals surface area contributed by atoms with Gasteiger partial charge in [-0.3, -0.25) is 4.90 Å². The van der Waals surface area contributed by atoms with Gasteiger partial charge in [0.05, 0.1) is 27.0 Å². The SMILES string of the molecule is CCNC(=NCC(C)(O)c1ccco1)NC1CCN(Cc2cc(OC)cc(OC)c2)C1. The average molecular weight is 431 g/mol. The molecule has 1 saturated heterocycles. The minimum absolute atomic E-state index is 0.204. The van der Waals surface area contributed by atoms with Crippen molar-refractivity contribution in [3.8, 4) is 11.5 Å². The summed E-state index contributed by atoms with van der Waals surface area (Å²) in [5.74, 6) is 2.80. The molecule has 2 atom stereocenters. The summed E-state index contributed by atoms with van der Waals surface area (Å²) in [6.07, 6.45) is 2.57. The van der Waals surface area contributed by atoms with E-state index in [0.717, 1.165) is 49.7 Å².